The number of nitriles is 2. The molecular formula is C36H20N4. The van der Waals surface area contributed by atoms with E-state index in [1.807, 2.05) is 36.4 Å². The van der Waals surface area contributed by atoms with Gasteiger partial charge in [0.05, 0.1) is 38.9 Å². The highest BCUT2D eigenvalue weighted by atomic mass is 15.0. The Morgan fingerprint density at radius 1 is 0.475 bits per heavy atom. The molecule has 0 amide bonds. The lowest BCUT2D eigenvalue weighted by Crippen LogP contribution is -2.04. The lowest BCUT2D eigenvalue weighted by molar-refractivity contribution is 1.12. The molecule has 6 aromatic carbocycles. The number of hydrogen-bond acceptors (Lipinski definition) is 2. The minimum Gasteiger partial charge on any atom is -0.309 e. The van der Waals surface area contributed by atoms with E-state index in [-0.39, 0.29) is 0 Å². The van der Waals surface area contributed by atoms with Gasteiger partial charge in [-0.05, 0) is 47.2 Å². The number of nitrogens with zero attached hydrogens (tertiary/aromatic N) is 4. The Morgan fingerprint density at radius 3 is 1.70 bits per heavy atom. The molecule has 2 aromatic heterocycles. The van der Waals surface area contributed by atoms with Crippen molar-refractivity contribution in [1.82, 2.24) is 9.13 Å². The van der Waals surface area contributed by atoms with E-state index in [1.165, 1.54) is 16.2 Å². The van der Waals surface area contributed by atoms with E-state index in [0.29, 0.717) is 16.8 Å². The molecule has 0 fully saturated rings. The third kappa shape index (κ3) is 2.93. The van der Waals surface area contributed by atoms with E-state index in [9.17, 15) is 10.5 Å². The van der Waals surface area contributed by atoms with Crippen molar-refractivity contribution in [2.45, 2.75) is 0 Å². The average molecular weight is 509 g/mol. The molecule has 2 heterocycles. The summed E-state index contributed by atoms with van der Waals surface area (Å²) in [6.45, 7) is 0. The van der Waals surface area contributed by atoms with Crippen LogP contribution in [-0.4, -0.2) is 9.13 Å². The van der Waals surface area contributed by atoms with Crippen LogP contribution in [0.4, 0.5) is 0 Å². The normalized spacial score (nSPS) is 11.4. The Morgan fingerprint density at radius 2 is 1.05 bits per heavy atom. The van der Waals surface area contributed by atoms with Gasteiger partial charge < -0.3 is 9.13 Å². The van der Waals surface area contributed by atoms with Crippen LogP contribution in [0.3, 0.4) is 0 Å². The first-order valence-electron chi connectivity index (χ1n) is 13.2. The van der Waals surface area contributed by atoms with Crippen LogP contribution >= 0.6 is 0 Å². The lowest BCUT2D eigenvalue weighted by atomic mass is 10.0. The van der Waals surface area contributed by atoms with Crippen LogP contribution in [0, 0.1) is 22.7 Å². The Kier molecular flexibility index (Phi) is 4.62. The van der Waals surface area contributed by atoms with Crippen molar-refractivity contribution in [2.75, 3.05) is 0 Å². The van der Waals surface area contributed by atoms with Crippen LogP contribution in [0.5, 0.6) is 0 Å². The van der Waals surface area contributed by atoms with Crippen LogP contribution in [0.15, 0.2) is 121 Å². The molecule has 0 aliphatic heterocycles. The Balaban J connectivity index is 1.54. The second-order valence-corrected chi connectivity index (χ2v) is 10.0. The summed E-state index contributed by atoms with van der Waals surface area (Å²) < 4.78 is 4.34. The molecule has 4 nitrogen and oxygen atoms in total. The van der Waals surface area contributed by atoms with E-state index in [2.05, 4.69) is 106 Å². The second-order valence-electron chi connectivity index (χ2n) is 10.0. The summed E-state index contributed by atoms with van der Waals surface area (Å²) in [5.41, 5.74) is 6.35. The van der Waals surface area contributed by atoms with E-state index >= 15 is 0 Å². The fourth-order valence-corrected chi connectivity index (χ4v) is 6.32. The minimum atomic E-state index is 0.351. The maximum atomic E-state index is 10.3. The van der Waals surface area contributed by atoms with Gasteiger partial charge in [-0.25, -0.2) is 0 Å². The first kappa shape index (κ1) is 22.2. The molecule has 0 radical (unpaired) electrons. The van der Waals surface area contributed by atoms with E-state index < -0.39 is 0 Å². The van der Waals surface area contributed by atoms with Gasteiger partial charge in [0.25, 0.3) is 0 Å². The average Bonchev–Trinajstić information content (AvgIpc) is 3.53. The van der Waals surface area contributed by atoms with Gasteiger partial charge in [0.1, 0.15) is 12.1 Å². The molecule has 0 spiro atoms. The van der Waals surface area contributed by atoms with Crippen LogP contribution in [-0.2, 0) is 0 Å². The molecule has 0 saturated heterocycles. The van der Waals surface area contributed by atoms with Crippen molar-refractivity contribution in [3.8, 4) is 23.5 Å². The van der Waals surface area contributed by atoms with Crippen molar-refractivity contribution < 1.29 is 0 Å². The smallest absolute Gasteiger partial charge is 0.103 e. The largest absolute Gasteiger partial charge is 0.309 e. The summed E-state index contributed by atoms with van der Waals surface area (Å²) in [6.07, 6.45) is 0. The Hall–Kier alpha value is -5.84. The van der Waals surface area contributed by atoms with Gasteiger partial charge in [-0.15, -0.1) is 0 Å². The molecule has 8 rings (SSSR count). The third-order valence-electron chi connectivity index (χ3n) is 7.98. The summed E-state index contributed by atoms with van der Waals surface area (Å²) in [5, 5.41) is 27.5. The number of hydrogen-bond donors (Lipinski definition) is 0. The summed E-state index contributed by atoms with van der Waals surface area (Å²) in [6, 6.07) is 46.1. The predicted molar refractivity (Wildman–Crippen MR) is 162 cm³/mol. The summed E-state index contributed by atoms with van der Waals surface area (Å²) >= 11 is 0. The SMILES string of the molecule is N#Cc1cc(-n2c3ccccc3c3c4ccccc4ccc32)cc(-n2c3ccccc3c3ccccc32)c1C#N. The lowest BCUT2D eigenvalue weighted by Gasteiger charge is -2.15. The van der Waals surface area contributed by atoms with Crippen LogP contribution in [0.2, 0.25) is 0 Å². The summed E-state index contributed by atoms with van der Waals surface area (Å²) in [7, 11) is 0. The first-order valence-corrected chi connectivity index (χ1v) is 13.2. The van der Waals surface area contributed by atoms with Gasteiger partial charge in [-0.1, -0.05) is 84.9 Å². The van der Waals surface area contributed by atoms with Crippen LogP contribution in [0.25, 0.3) is 65.8 Å². The predicted octanol–water partition coefficient (Wildman–Crippen LogP) is 8.78. The monoisotopic (exact) mass is 508 g/mol. The van der Waals surface area contributed by atoms with Gasteiger partial charge in [0, 0.05) is 27.2 Å². The fourth-order valence-electron chi connectivity index (χ4n) is 6.32. The van der Waals surface area contributed by atoms with Crippen LogP contribution < -0.4 is 0 Å². The quantitative estimate of drug-likeness (QED) is 0.234. The Labute approximate surface area is 229 Å². The summed E-state index contributed by atoms with van der Waals surface area (Å²) in [5.74, 6) is 0. The molecule has 0 unspecified atom stereocenters. The van der Waals surface area contributed by atoms with E-state index in [0.717, 1.165) is 43.9 Å². The highest BCUT2D eigenvalue weighted by molar-refractivity contribution is 6.21. The number of fused-ring (bicyclic) bond motifs is 8. The van der Waals surface area contributed by atoms with Crippen molar-refractivity contribution in [3.63, 3.8) is 0 Å². The van der Waals surface area contributed by atoms with E-state index in [4.69, 9.17) is 0 Å². The van der Waals surface area contributed by atoms with Gasteiger partial charge in [0.15, 0.2) is 0 Å². The first-order chi connectivity index (χ1) is 19.8. The van der Waals surface area contributed by atoms with Gasteiger partial charge in [0.2, 0.25) is 0 Å². The molecule has 8 aromatic rings. The topological polar surface area (TPSA) is 57.4 Å². The van der Waals surface area contributed by atoms with Crippen LogP contribution in [0.1, 0.15) is 11.1 Å². The molecular weight excluding hydrogens is 488 g/mol. The number of para-hydroxylation sites is 3. The standard InChI is InChI=1S/C36H20N4/c37-21-24-19-25(39-33-16-8-5-13-29(33)36-26-10-2-1-9-23(26)17-18-34(36)39)20-35(30(24)22-38)40-31-14-6-3-11-27(31)28-12-4-7-15-32(28)40/h1-20H. The number of aromatic nitrogens is 2. The molecule has 4 heteroatoms. The van der Waals surface area contributed by atoms with Crippen molar-refractivity contribution in [2.24, 2.45) is 0 Å². The zero-order valence-electron chi connectivity index (χ0n) is 21.3. The third-order valence-corrected chi connectivity index (χ3v) is 7.98. The van der Waals surface area contributed by atoms with Gasteiger partial charge >= 0.3 is 0 Å². The van der Waals surface area contributed by atoms with Gasteiger partial charge in [-0.2, -0.15) is 10.5 Å². The molecule has 0 aliphatic carbocycles. The molecule has 0 aliphatic rings. The second kappa shape index (κ2) is 8.33. The fraction of sp³-hybridized carbons (Fsp3) is 0. The molecule has 0 N–H and O–H groups in total. The molecule has 184 valence electrons. The molecule has 40 heavy (non-hydrogen) atoms. The Bertz CT molecular complexity index is 2350. The van der Waals surface area contributed by atoms with Crippen molar-refractivity contribution in [1.29, 1.82) is 10.5 Å². The number of rotatable bonds is 2. The highest BCUT2D eigenvalue weighted by Gasteiger charge is 2.21. The summed E-state index contributed by atoms with van der Waals surface area (Å²) in [4.78, 5) is 0. The van der Waals surface area contributed by atoms with Gasteiger partial charge in [-0.3, -0.25) is 0 Å². The maximum absolute atomic E-state index is 10.3. The molecule has 0 atom stereocenters. The molecule has 0 saturated carbocycles. The highest BCUT2D eigenvalue weighted by Crippen LogP contribution is 2.39. The van der Waals surface area contributed by atoms with Crippen molar-refractivity contribution >= 4 is 54.4 Å². The maximum Gasteiger partial charge on any atom is 0.103 e. The van der Waals surface area contributed by atoms with E-state index in [1.54, 1.807) is 0 Å². The zero-order valence-corrected chi connectivity index (χ0v) is 21.3. The zero-order chi connectivity index (χ0) is 26.8. The minimum absolute atomic E-state index is 0.351. The van der Waals surface area contributed by atoms with Crippen molar-refractivity contribution in [3.05, 3.63) is 132 Å². The number of benzene rings is 6. The molecule has 0 bridgehead atoms.